The van der Waals surface area contributed by atoms with E-state index >= 15 is 0 Å². The predicted molar refractivity (Wildman–Crippen MR) is 116 cm³/mol. The molecule has 162 valence electrons. The summed E-state index contributed by atoms with van der Waals surface area (Å²) in [6, 6.07) is 10.6. The molecule has 2 aromatic heterocycles. The molecule has 1 N–H and O–H groups in total. The Morgan fingerprint density at radius 1 is 1.16 bits per heavy atom. The van der Waals surface area contributed by atoms with Gasteiger partial charge in [-0.15, -0.1) is 0 Å². The van der Waals surface area contributed by atoms with Crippen LogP contribution in [0.4, 0.5) is 0 Å². The number of halogens is 1. The van der Waals surface area contributed by atoms with Gasteiger partial charge < -0.3 is 24.1 Å². The maximum Gasteiger partial charge on any atom is 0.289 e. The highest BCUT2D eigenvalue weighted by Gasteiger charge is 2.25. The van der Waals surface area contributed by atoms with Crippen LogP contribution in [0.1, 0.15) is 23.4 Å². The van der Waals surface area contributed by atoms with Gasteiger partial charge in [0.15, 0.2) is 11.7 Å². The number of guanidine groups is 1. The first-order valence-electron chi connectivity index (χ1n) is 10.1. The molecule has 9 nitrogen and oxygen atoms in total. The Kier molecular flexibility index (Phi) is 6.51. The predicted octanol–water partition coefficient (Wildman–Crippen LogP) is 2.91. The summed E-state index contributed by atoms with van der Waals surface area (Å²) >= 11 is 5.92. The molecule has 0 unspecified atom stereocenters. The number of carbonyl (C=O) groups is 1. The van der Waals surface area contributed by atoms with Gasteiger partial charge in [0, 0.05) is 43.3 Å². The monoisotopic (exact) mass is 442 g/mol. The third kappa shape index (κ3) is 5.05. The van der Waals surface area contributed by atoms with Crippen LogP contribution in [0.25, 0.3) is 11.4 Å². The fourth-order valence-electron chi connectivity index (χ4n) is 3.28. The molecule has 1 amide bonds. The molecule has 0 spiro atoms. The van der Waals surface area contributed by atoms with Crippen molar-refractivity contribution in [2.45, 2.75) is 13.5 Å². The molecule has 10 heteroatoms. The third-order valence-corrected chi connectivity index (χ3v) is 5.12. The first-order valence-corrected chi connectivity index (χ1v) is 10.5. The molecule has 1 aromatic carbocycles. The first kappa shape index (κ1) is 20.9. The highest BCUT2D eigenvalue weighted by atomic mass is 35.5. The second-order valence-electron chi connectivity index (χ2n) is 6.95. The summed E-state index contributed by atoms with van der Waals surface area (Å²) in [5.74, 6) is 1.94. The van der Waals surface area contributed by atoms with Crippen LogP contribution in [0.3, 0.4) is 0 Å². The van der Waals surface area contributed by atoms with Gasteiger partial charge in [-0.2, -0.15) is 4.98 Å². The summed E-state index contributed by atoms with van der Waals surface area (Å²) in [6.07, 6.45) is 1.51. The van der Waals surface area contributed by atoms with Crippen LogP contribution in [-0.2, 0) is 6.54 Å². The lowest BCUT2D eigenvalue weighted by Crippen LogP contribution is -2.53. The topological polar surface area (TPSA) is 100 Å². The van der Waals surface area contributed by atoms with Crippen molar-refractivity contribution in [3.8, 4) is 11.4 Å². The Bertz CT molecular complexity index is 1020. The number of aliphatic imine (C=N–C) groups is 1. The van der Waals surface area contributed by atoms with Gasteiger partial charge in [-0.05, 0) is 43.3 Å². The maximum atomic E-state index is 12.4. The van der Waals surface area contributed by atoms with Gasteiger partial charge in [-0.25, -0.2) is 4.99 Å². The summed E-state index contributed by atoms with van der Waals surface area (Å²) in [4.78, 5) is 25.4. The van der Waals surface area contributed by atoms with Gasteiger partial charge in [0.05, 0.1) is 6.26 Å². The lowest BCUT2D eigenvalue weighted by atomic mass is 10.2. The van der Waals surface area contributed by atoms with Gasteiger partial charge in [-0.1, -0.05) is 16.8 Å². The van der Waals surface area contributed by atoms with Crippen molar-refractivity contribution in [1.29, 1.82) is 0 Å². The van der Waals surface area contributed by atoms with Crippen LogP contribution in [-0.4, -0.2) is 64.5 Å². The zero-order chi connectivity index (χ0) is 21.6. The fraction of sp³-hybridized carbons (Fsp3) is 0.333. The van der Waals surface area contributed by atoms with Crippen LogP contribution in [0.15, 0.2) is 56.6 Å². The van der Waals surface area contributed by atoms with E-state index in [4.69, 9.17) is 20.5 Å². The van der Waals surface area contributed by atoms with Crippen molar-refractivity contribution in [2.75, 3.05) is 32.7 Å². The van der Waals surface area contributed by atoms with Gasteiger partial charge in [0.1, 0.15) is 6.54 Å². The van der Waals surface area contributed by atoms with E-state index in [2.05, 4.69) is 25.3 Å². The Hall–Kier alpha value is -3.33. The normalized spacial score (nSPS) is 14.7. The van der Waals surface area contributed by atoms with E-state index in [-0.39, 0.29) is 12.5 Å². The number of nitrogens with one attached hydrogen (secondary N) is 1. The number of furan rings is 1. The fourth-order valence-corrected chi connectivity index (χ4v) is 3.41. The minimum Gasteiger partial charge on any atom is -0.459 e. The summed E-state index contributed by atoms with van der Waals surface area (Å²) < 4.78 is 10.6. The van der Waals surface area contributed by atoms with Gasteiger partial charge >= 0.3 is 0 Å². The van der Waals surface area contributed by atoms with E-state index in [1.54, 1.807) is 29.2 Å². The molecule has 3 heterocycles. The number of nitrogens with zero attached hydrogens (tertiary/aromatic N) is 5. The summed E-state index contributed by atoms with van der Waals surface area (Å²) in [7, 11) is 0. The number of hydrogen-bond donors (Lipinski definition) is 1. The van der Waals surface area contributed by atoms with Gasteiger partial charge in [0.2, 0.25) is 11.7 Å². The molecule has 0 bridgehead atoms. The highest BCUT2D eigenvalue weighted by Crippen LogP contribution is 2.19. The number of amides is 1. The molecule has 1 aliphatic rings. The molecule has 0 aliphatic carbocycles. The van der Waals surface area contributed by atoms with Crippen molar-refractivity contribution in [3.63, 3.8) is 0 Å². The number of rotatable bonds is 5. The van der Waals surface area contributed by atoms with Crippen molar-refractivity contribution in [2.24, 2.45) is 4.99 Å². The first-order chi connectivity index (χ1) is 15.1. The summed E-state index contributed by atoms with van der Waals surface area (Å²) in [6.45, 7) is 5.50. The van der Waals surface area contributed by atoms with E-state index in [0.717, 1.165) is 18.1 Å². The summed E-state index contributed by atoms with van der Waals surface area (Å²) in [5.41, 5.74) is 0.827. The van der Waals surface area contributed by atoms with Crippen molar-refractivity contribution in [1.82, 2.24) is 25.3 Å². The Morgan fingerprint density at radius 2 is 1.90 bits per heavy atom. The zero-order valence-electron chi connectivity index (χ0n) is 17.1. The number of carbonyl (C=O) groups excluding carboxylic acids is 1. The smallest absolute Gasteiger partial charge is 0.289 e. The minimum absolute atomic E-state index is 0.0906. The second kappa shape index (κ2) is 9.65. The molecule has 0 atom stereocenters. The number of piperazine rings is 1. The zero-order valence-corrected chi connectivity index (χ0v) is 17.9. The van der Waals surface area contributed by atoms with E-state index in [9.17, 15) is 4.79 Å². The van der Waals surface area contributed by atoms with Crippen LogP contribution in [0.2, 0.25) is 5.02 Å². The average molecular weight is 443 g/mol. The molecule has 1 aliphatic heterocycles. The SMILES string of the molecule is CCNC(=NCc1nc(-c2ccc(Cl)cc2)no1)N1CCN(C(=O)c2ccco2)CC1. The van der Waals surface area contributed by atoms with Crippen molar-refractivity contribution < 1.29 is 13.7 Å². The lowest BCUT2D eigenvalue weighted by Gasteiger charge is -2.36. The average Bonchev–Trinajstić information content (AvgIpc) is 3.49. The number of benzene rings is 1. The quantitative estimate of drug-likeness (QED) is 0.479. The van der Waals surface area contributed by atoms with Crippen LogP contribution >= 0.6 is 11.6 Å². The summed E-state index contributed by atoms with van der Waals surface area (Å²) in [5, 5.41) is 7.96. The van der Waals surface area contributed by atoms with E-state index < -0.39 is 0 Å². The Balaban J connectivity index is 1.38. The molecule has 1 fully saturated rings. The molecule has 4 rings (SSSR count). The van der Waals surface area contributed by atoms with E-state index in [0.29, 0.717) is 48.7 Å². The second-order valence-corrected chi connectivity index (χ2v) is 7.38. The van der Waals surface area contributed by atoms with Gasteiger partial charge in [0.25, 0.3) is 5.91 Å². The van der Waals surface area contributed by atoms with Crippen LogP contribution in [0, 0.1) is 0 Å². The lowest BCUT2D eigenvalue weighted by molar-refractivity contribution is 0.0657. The molecule has 0 saturated carbocycles. The molecular formula is C21H23ClN6O3. The van der Waals surface area contributed by atoms with Crippen molar-refractivity contribution in [3.05, 3.63) is 59.3 Å². The van der Waals surface area contributed by atoms with Crippen LogP contribution in [0.5, 0.6) is 0 Å². The minimum atomic E-state index is -0.0906. The molecule has 1 saturated heterocycles. The number of aromatic nitrogens is 2. The molecule has 3 aromatic rings. The molecule has 31 heavy (non-hydrogen) atoms. The van der Waals surface area contributed by atoms with Crippen LogP contribution < -0.4 is 5.32 Å². The van der Waals surface area contributed by atoms with E-state index in [1.807, 2.05) is 19.1 Å². The van der Waals surface area contributed by atoms with Crippen molar-refractivity contribution >= 4 is 23.5 Å². The molecule has 0 radical (unpaired) electrons. The largest absolute Gasteiger partial charge is 0.459 e. The highest BCUT2D eigenvalue weighted by molar-refractivity contribution is 6.30. The molecular weight excluding hydrogens is 420 g/mol. The maximum absolute atomic E-state index is 12.4. The Morgan fingerprint density at radius 3 is 2.58 bits per heavy atom. The Labute approximate surface area is 184 Å². The third-order valence-electron chi connectivity index (χ3n) is 4.87. The standard InChI is InChI=1S/C21H23ClN6O3/c1-2-23-21(28-11-9-27(10-12-28)20(29)17-4-3-13-30-17)24-14-18-25-19(26-31-18)15-5-7-16(22)8-6-15/h3-8,13H,2,9-12,14H2,1H3,(H,23,24). The van der Waals surface area contributed by atoms with Gasteiger partial charge in [-0.3, -0.25) is 4.79 Å². The number of hydrogen-bond acceptors (Lipinski definition) is 6. The van der Waals surface area contributed by atoms with E-state index in [1.165, 1.54) is 6.26 Å².